The molecule has 2 N–H and O–H groups in total. The Morgan fingerprint density at radius 3 is 2.88 bits per heavy atom. The second kappa shape index (κ2) is 9.48. The summed E-state index contributed by atoms with van der Waals surface area (Å²) >= 11 is 0. The van der Waals surface area contributed by atoms with Crippen molar-refractivity contribution >= 4 is 16.8 Å². The van der Waals surface area contributed by atoms with Crippen LogP contribution in [0.2, 0.25) is 0 Å². The predicted octanol–water partition coefficient (Wildman–Crippen LogP) is 2.71. The number of rotatable bonds is 8. The van der Waals surface area contributed by atoms with E-state index < -0.39 is 0 Å². The maximum Gasteiger partial charge on any atom is 0.258 e. The number of benzene rings is 1. The Morgan fingerprint density at radius 2 is 2.04 bits per heavy atom. The lowest BCUT2D eigenvalue weighted by Gasteiger charge is -2.21. The maximum absolute atomic E-state index is 12.0. The molecule has 1 aliphatic carbocycles. The smallest absolute Gasteiger partial charge is 0.258 e. The Morgan fingerprint density at radius 1 is 1.23 bits per heavy atom. The average molecular weight is 357 g/mol. The van der Waals surface area contributed by atoms with Gasteiger partial charge in [0.2, 0.25) is 5.91 Å². The monoisotopic (exact) mass is 357 g/mol. The molecule has 0 bridgehead atoms. The molecule has 1 heterocycles. The standard InChI is InChI=1S/C20H27N3O3/c24-19(21-13-6-14-26-15-7-2-1-3-8-15)12-11-18-22-17-10-5-4-9-16(17)20(25)23-18/h4-5,9-10,15H,1-3,6-8,11-14H2,(H,21,24)(H,22,23,25). The van der Waals surface area contributed by atoms with E-state index in [1.165, 1.54) is 32.1 Å². The maximum atomic E-state index is 12.0. The van der Waals surface area contributed by atoms with Crippen LogP contribution in [0.25, 0.3) is 10.9 Å². The Hall–Kier alpha value is -2.21. The van der Waals surface area contributed by atoms with Crippen LogP contribution in [-0.2, 0) is 16.0 Å². The van der Waals surface area contributed by atoms with Crippen LogP contribution in [0, 0.1) is 0 Å². The number of para-hydroxylation sites is 1. The fourth-order valence-electron chi connectivity index (χ4n) is 3.36. The molecule has 0 unspecified atom stereocenters. The highest BCUT2D eigenvalue weighted by Gasteiger charge is 2.13. The molecule has 1 aliphatic rings. The van der Waals surface area contributed by atoms with E-state index in [2.05, 4.69) is 15.3 Å². The van der Waals surface area contributed by atoms with Gasteiger partial charge < -0.3 is 15.0 Å². The van der Waals surface area contributed by atoms with Gasteiger partial charge in [-0.1, -0.05) is 31.4 Å². The lowest BCUT2D eigenvalue weighted by atomic mass is 9.98. The van der Waals surface area contributed by atoms with Crippen molar-refractivity contribution in [3.05, 3.63) is 40.4 Å². The first kappa shape index (κ1) is 18.6. The molecule has 0 spiro atoms. The zero-order chi connectivity index (χ0) is 18.2. The molecule has 1 aromatic heterocycles. The van der Waals surface area contributed by atoms with E-state index >= 15 is 0 Å². The molecule has 1 aromatic carbocycles. The van der Waals surface area contributed by atoms with Crippen LogP contribution in [0.15, 0.2) is 29.1 Å². The highest BCUT2D eigenvalue weighted by atomic mass is 16.5. The van der Waals surface area contributed by atoms with Gasteiger partial charge in [0, 0.05) is 26.0 Å². The lowest BCUT2D eigenvalue weighted by molar-refractivity contribution is -0.121. The van der Waals surface area contributed by atoms with Crippen molar-refractivity contribution in [1.82, 2.24) is 15.3 Å². The Balaban J connectivity index is 1.35. The molecule has 0 saturated heterocycles. The second-order valence-corrected chi connectivity index (χ2v) is 6.86. The molecule has 6 nitrogen and oxygen atoms in total. The molecule has 6 heteroatoms. The molecule has 1 amide bonds. The topological polar surface area (TPSA) is 84.1 Å². The molecular weight excluding hydrogens is 330 g/mol. The number of aromatic nitrogens is 2. The van der Waals surface area contributed by atoms with Gasteiger partial charge in [-0.2, -0.15) is 0 Å². The molecule has 1 fully saturated rings. The Bertz CT molecular complexity index is 781. The van der Waals surface area contributed by atoms with Gasteiger partial charge in [0.15, 0.2) is 0 Å². The van der Waals surface area contributed by atoms with Crippen molar-refractivity contribution in [2.45, 2.75) is 57.5 Å². The number of fused-ring (bicyclic) bond motifs is 1. The van der Waals surface area contributed by atoms with Crippen LogP contribution in [0.1, 0.15) is 50.8 Å². The summed E-state index contributed by atoms with van der Waals surface area (Å²) < 4.78 is 5.85. The number of ether oxygens (including phenoxy) is 1. The summed E-state index contributed by atoms with van der Waals surface area (Å²) in [6.45, 7) is 1.32. The summed E-state index contributed by atoms with van der Waals surface area (Å²) in [5, 5.41) is 3.47. The normalized spacial score (nSPS) is 15.2. The van der Waals surface area contributed by atoms with Crippen molar-refractivity contribution in [2.75, 3.05) is 13.2 Å². The van der Waals surface area contributed by atoms with Crippen LogP contribution in [0.5, 0.6) is 0 Å². The molecule has 140 valence electrons. The van der Waals surface area contributed by atoms with Gasteiger partial charge in [-0.25, -0.2) is 4.98 Å². The Kier molecular flexibility index (Phi) is 6.77. The quantitative estimate of drug-likeness (QED) is 0.712. The third-order valence-electron chi connectivity index (χ3n) is 4.80. The van der Waals surface area contributed by atoms with E-state index in [1.54, 1.807) is 12.1 Å². The van der Waals surface area contributed by atoms with Crippen molar-refractivity contribution in [3.63, 3.8) is 0 Å². The number of nitrogens with one attached hydrogen (secondary N) is 2. The Labute approximate surface area is 153 Å². The fraction of sp³-hybridized carbons (Fsp3) is 0.550. The summed E-state index contributed by atoms with van der Waals surface area (Å²) in [4.78, 5) is 31.1. The first-order chi connectivity index (χ1) is 12.7. The van der Waals surface area contributed by atoms with Crippen LogP contribution in [0.3, 0.4) is 0 Å². The van der Waals surface area contributed by atoms with Crippen molar-refractivity contribution in [1.29, 1.82) is 0 Å². The van der Waals surface area contributed by atoms with E-state index in [-0.39, 0.29) is 11.5 Å². The largest absolute Gasteiger partial charge is 0.378 e. The minimum atomic E-state index is -0.161. The van der Waals surface area contributed by atoms with E-state index in [0.717, 1.165) is 6.42 Å². The highest BCUT2D eigenvalue weighted by molar-refractivity contribution is 5.78. The van der Waals surface area contributed by atoms with Gasteiger partial charge in [0.05, 0.1) is 17.0 Å². The summed E-state index contributed by atoms with van der Waals surface area (Å²) in [5.41, 5.74) is 0.498. The van der Waals surface area contributed by atoms with E-state index in [4.69, 9.17) is 4.74 Å². The summed E-state index contributed by atoms with van der Waals surface area (Å²) in [6.07, 6.45) is 8.18. The number of carbonyl (C=O) groups is 1. The SMILES string of the molecule is O=C(CCc1nc2ccccc2c(=O)[nH]1)NCCCOC1CCCCC1. The van der Waals surface area contributed by atoms with Crippen molar-refractivity contribution in [3.8, 4) is 0 Å². The van der Waals surface area contributed by atoms with Crippen LogP contribution in [-0.4, -0.2) is 35.1 Å². The van der Waals surface area contributed by atoms with Gasteiger partial charge in [0.25, 0.3) is 5.56 Å². The van der Waals surface area contributed by atoms with Gasteiger partial charge in [-0.15, -0.1) is 0 Å². The predicted molar refractivity (Wildman–Crippen MR) is 101 cm³/mol. The van der Waals surface area contributed by atoms with Crippen molar-refractivity contribution < 1.29 is 9.53 Å². The van der Waals surface area contributed by atoms with Gasteiger partial charge in [0.1, 0.15) is 5.82 Å². The van der Waals surface area contributed by atoms with E-state index in [9.17, 15) is 9.59 Å². The molecule has 3 rings (SSSR count). The molecule has 2 aromatic rings. The molecule has 26 heavy (non-hydrogen) atoms. The fourth-order valence-corrected chi connectivity index (χ4v) is 3.36. The first-order valence-electron chi connectivity index (χ1n) is 9.58. The number of H-pyrrole nitrogens is 1. The average Bonchev–Trinajstić information content (AvgIpc) is 2.67. The molecular formula is C20H27N3O3. The summed E-state index contributed by atoms with van der Waals surface area (Å²) in [6, 6.07) is 7.21. The molecule has 0 radical (unpaired) electrons. The minimum Gasteiger partial charge on any atom is -0.378 e. The zero-order valence-corrected chi connectivity index (χ0v) is 15.1. The number of carbonyl (C=O) groups excluding carboxylic acids is 1. The van der Waals surface area contributed by atoms with Crippen LogP contribution in [0.4, 0.5) is 0 Å². The third-order valence-corrected chi connectivity index (χ3v) is 4.80. The second-order valence-electron chi connectivity index (χ2n) is 6.86. The van der Waals surface area contributed by atoms with Crippen molar-refractivity contribution in [2.24, 2.45) is 0 Å². The third kappa shape index (κ3) is 5.39. The van der Waals surface area contributed by atoms with Crippen LogP contribution < -0.4 is 10.9 Å². The number of aryl methyl sites for hydroxylation is 1. The zero-order valence-electron chi connectivity index (χ0n) is 15.1. The lowest BCUT2D eigenvalue weighted by Crippen LogP contribution is -2.26. The van der Waals surface area contributed by atoms with E-state index in [1.807, 2.05) is 12.1 Å². The number of hydrogen-bond donors (Lipinski definition) is 2. The molecule has 0 atom stereocenters. The first-order valence-corrected chi connectivity index (χ1v) is 9.58. The van der Waals surface area contributed by atoms with Gasteiger partial charge in [-0.3, -0.25) is 9.59 Å². The minimum absolute atomic E-state index is 0.0292. The molecule has 1 saturated carbocycles. The molecule has 0 aliphatic heterocycles. The number of aromatic amines is 1. The number of hydrogen-bond acceptors (Lipinski definition) is 4. The number of nitrogens with zero attached hydrogens (tertiary/aromatic N) is 1. The highest BCUT2D eigenvalue weighted by Crippen LogP contribution is 2.20. The summed E-state index contributed by atoms with van der Waals surface area (Å²) in [5.74, 6) is 0.517. The van der Waals surface area contributed by atoms with E-state index in [0.29, 0.717) is 48.8 Å². The summed E-state index contributed by atoms with van der Waals surface area (Å²) in [7, 11) is 0. The van der Waals surface area contributed by atoms with Crippen LogP contribution >= 0.6 is 0 Å². The van der Waals surface area contributed by atoms with Gasteiger partial charge >= 0.3 is 0 Å². The number of amides is 1. The van der Waals surface area contributed by atoms with Gasteiger partial charge in [-0.05, 0) is 31.4 Å².